The minimum atomic E-state index is -3.61. The number of hydrogen-bond donors (Lipinski definition) is 0. The number of amides is 1. The Bertz CT molecular complexity index is 795. The van der Waals surface area contributed by atoms with E-state index < -0.39 is 16.0 Å². The lowest BCUT2D eigenvalue weighted by atomic mass is 10.1. The Kier molecular flexibility index (Phi) is 7.63. The number of ether oxygens (including phenoxy) is 2. The topological polar surface area (TPSA) is 93.2 Å². The molecule has 0 atom stereocenters. The molecule has 0 spiro atoms. The number of sulfonamides is 1. The molecule has 2 saturated heterocycles. The molecule has 0 N–H and O–H groups in total. The molecule has 0 radical (unpaired) electrons. The zero-order valence-corrected chi connectivity index (χ0v) is 17.4. The molecule has 0 unspecified atom stereocenters. The molecule has 160 valence electrons. The zero-order valence-electron chi connectivity index (χ0n) is 16.5. The molecule has 2 fully saturated rings. The van der Waals surface area contributed by atoms with Gasteiger partial charge in [0.1, 0.15) is 0 Å². The van der Waals surface area contributed by atoms with Gasteiger partial charge in [-0.2, -0.15) is 4.31 Å². The summed E-state index contributed by atoms with van der Waals surface area (Å²) in [5.74, 6) is -0.826. The second-order valence-electron chi connectivity index (χ2n) is 7.27. The van der Waals surface area contributed by atoms with Crippen molar-refractivity contribution in [3.05, 3.63) is 29.8 Å². The van der Waals surface area contributed by atoms with Gasteiger partial charge in [-0.25, -0.2) is 13.2 Å². The molecule has 8 nitrogen and oxygen atoms in total. The Morgan fingerprint density at radius 3 is 2.10 bits per heavy atom. The van der Waals surface area contributed by atoms with Crippen LogP contribution in [-0.2, 0) is 24.3 Å². The number of benzene rings is 1. The molecule has 0 aliphatic carbocycles. The van der Waals surface area contributed by atoms with Crippen LogP contribution in [0.2, 0.25) is 0 Å². The van der Waals surface area contributed by atoms with E-state index in [1.807, 2.05) is 0 Å². The highest BCUT2D eigenvalue weighted by Gasteiger charge is 2.26. The molecule has 3 rings (SSSR count). The molecule has 1 aromatic carbocycles. The van der Waals surface area contributed by atoms with Gasteiger partial charge in [0.25, 0.3) is 5.91 Å². The summed E-state index contributed by atoms with van der Waals surface area (Å²) in [6.45, 7) is 2.46. The van der Waals surface area contributed by atoms with Crippen LogP contribution < -0.4 is 0 Å². The van der Waals surface area contributed by atoms with Gasteiger partial charge >= 0.3 is 5.97 Å². The molecular formula is C20H28N2O6S. The first-order valence-electron chi connectivity index (χ1n) is 10.1. The number of rotatable bonds is 5. The van der Waals surface area contributed by atoms with Gasteiger partial charge in [0, 0.05) is 26.2 Å². The van der Waals surface area contributed by atoms with Gasteiger partial charge in [-0.3, -0.25) is 4.79 Å². The maximum Gasteiger partial charge on any atom is 0.338 e. The first-order valence-corrected chi connectivity index (χ1v) is 11.6. The molecular weight excluding hydrogens is 396 g/mol. The van der Waals surface area contributed by atoms with Crippen molar-refractivity contribution >= 4 is 21.9 Å². The summed E-state index contributed by atoms with van der Waals surface area (Å²) in [6, 6.07) is 5.61. The average Bonchev–Trinajstić information content (AvgIpc) is 2.72. The first-order chi connectivity index (χ1) is 14.0. The van der Waals surface area contributed by atoms with Gasteiger partial charge in [0.2, 0.25) is 10.0 Å². The Morgan fingerprint density at radius 1 is 0.897 bits per heavy atom. The van der Waals surface area contributed by atoms with Crippen LogP contribution in [0, 0.1) is 0 Å². The molecule has 0 aromatic heterocycles. The lowest BCUT2D eigenvalue weighted by Gasteiger charge is -2.26. The molecule has 1 amide bonds. The van der Waals surface area contributed by atoms with Crippen LogP contribution in [0.3, 0.4) is 0 Å². The van der Waals surface area contributed by atoms with Crippen molar-refractivity contribution in [2.24, 2.45) is 0 Å². The Hall–Kier alpha value is -1.97. The van der Waals surface area contributed by atoms with Crippen LogP contribution in [0.15, 0.2) is 29.2 Å². The summed E-state index contributed by atoms with van der Waals surface area (Å²) < 4.78 is 36.9. The fourth-order valence-corrected chi connectivity index (χ4v) is 4.91. The quantitative estimate of drug-likeness (QED) is 0.668. The van der Waals surface area contributed by atoms with Gasteiger partial charge < -0.3 is 14.4 Å². The third-order valence-corrected chi connectivity index (χ3v) is 7.15. The minimum Gasteiger partial charge on any atom is -0.452 e. The Balaban J connectivity index is 1.55. The molecule has 2 aliphatic rings. The van der Waals surface area contributed by atoms with Crippen LogP contribution in [0.25, 0.3) is 0 Å². The molecule has 9 heteroatoms. The zero-order chi connectivity index (χ0) is 20.7. The highest BCUT2D eigenvalue weighted by molar-refractivity contribution is 7.89. The summed E-state index contributed by atoms with van der Waals surface area (Å²) in [6.07, 6.45) is 5.37. The monoisotopic (exact) mass is 424 g/mol. The van der Waals surface area contributed by atoms with Crippen molar-refractivity contribution in [2.75, 3.05) is 46.0 Å². The summed E-state index contributed by atoms with van der Waals surface area (Å²) >= 11 is 0. The molecule has 1 aromatic rings. The molecule has 0 bridgehead atoms. The van der Waals surface area contributed by atoms with E-state index in [1.165, 1.54) is 35.0 Å². The van der Waals surface area contributed by atoms with Gasteiger partial charge in [0.05, 0.1) is 23.7 Å². The fourth-order valence-electron chi connectivity index (χ4n) is 3.50. The number of hydrogen-bond acceptors (Lipinski definition) is 6. The van der Waals surface area contributed by atoms with Crippen molar-refractivity contribution < 1.29 is 27.5 Å². The average molecular weight is 425 g/mol. The van der Waals surface area contributed by atoms with E-state index in [-0.39, 0.29) is 23.0 Å². The molecule has 0 saturated carbocycles. The van der Waals surface area contributed by atoms with E-state index >= 15 is 0 Å². The molecule has 29 heavy (non-hydrogen) atoms. The second-order valence-corrected chi connectivity index (χ2v) is 9.20. The van der Waals surface area contributed by atoms with E-state index in [0.717, 1.165) is 25.7 Å². The third-order valence-electron chi connectivity index (χ3n) is 5.23. The van der Waals surface area contributed by atoms with Crippen molar-refractivity contribution in [3.63, 3.8) is 0 Å². The van der Waals surface area contributed by atoms with E-state index in [2.05, 4.69) is 0 Å². The molecule has 2 aliphatic heterocycles. The van der Waals surface area contributed by atoms with Crippen LogP contribution in [-0.4, -0.2) is 75.5 Å². The van der Waals surface area contributed by atoms with Gasteiger partial charge in [0.15, 0.2) is 6.61 Å². The first kappa shape index (κ1) is 21.7. The summed E-state index contributed by atoms with van der Waals surface area (Å²) in [5.41, 5.74) is 0.214. The smallest absolute Gasteiger partial charge is 0.338 e. The number of likely N-dealkylation sites (tertiary alicyclic amines) is 1. The Morgan fingerprint density at radius 2 is 1.48 bits per heavy atom. The largest absolute Gasteiger partial charge is 0.452 e. The summed E-state index contributed by atoms with van der Waals surface area (Å²) in [5, 5.41) is 0. The van der Waals surface area contributed by atoms with Gasteiger partial charge in [-0.05, 0) is 37.1 Å². The standard InChI is InChI=1S/C20H28N2O6S/c23-19(21-10-4-2-1-3-5-11-21)16-28-20(24)17-6-8-18(9-7-17)29(25,26)22-12-14-27-15-13-22/h6-9H,1-5,10-16H2. The van der Waals surface area contributed by atoms with Crippen molar-refractivity contribution in [3.8, 4) is 0 Å². The minimum absolute atomic E-state index is 0.118. The number of carbonyl (C=O) groups is 2. The number of carbonyl (C=O) groups excluding carboxylic acids is 2. The van der Waals surface area contributed by atoms with Crippen molar-refractivity contribution in [1.82, 2.24) is 9.21 Å². The second kappa shape index (κ2) is 10.2. The van der Waals surface area contributed by atoms with Gasteiger partial charge in [-0.15, -0.1) is 0 Å². The maximum atomic E-state index is 12.6. The molecule has 2 heterocycles. The fraction of sp³-hybridized carbons (Fsp3) is 0.600. The van der Waals surface area contributed by atoms with Crippen LogP contribution in [0.1, 0.15) is 42.5 Å². The Labute approximate surface area is 171 Å². The van der Waals surface area contributed by atoms with E-state index in [0.29, 0.717) is 39.4 Å². The lowest BCUT2D eigenvalue weighted by molar-refractivity contribution is -0.134. The highest BCUT2D eigenvalue weighted by Crippen LogP contribution is 2.18. The predicted octanol–water partition coefficient (Wildman–Crippen LogP) is 1.66. The predicted molar refractivity (Wildman–Crippen MR) is 106 cm³/mol. The normalized spacial score (nSPS) is 19.2. The van der Waals surface area contributed by atoms with Gasteiger partial charge in [-0.1, -0.05) is 19.3 Å². The number of morpholine rings is 1. The van der Waals surface area contributed by atoms with Crippen LogP contribution in [0.5, 0.6) is 0 Å². The van der Waals surface area contributed by atoms with Crippen molar-refractivity contribution in [2.45, 2.75) is 37.0 Å². The van der Waals surface area contributed by atoms with Crippen LogP contribution >= 0.6 is 0 Å². The van der Waals surface area contributed by atoms with E-state index in [1.54, 1.807) is 4.90 Å². The van der Waals surface area contributed by atoms with E-state index in [9.17, 15) is 18.0 Å². The van der Waals surface area contributed by atoms with Crippen LogP contribution in [0.4, 0.5) is 0 Å². The summed E-state index contributed by atoms with van der Waals surface area (Å²) in [7, 11) is -3.61. The van der Waals surface area contributed by atoms with Crippen molar-refractivity contribution in [1.29, 1.82) is 0 Å². The lowest BCUT2D eigenvalue weighted by Crippen LogP contribution is -2.40. The highest BCUT2D eigenvalue weighted by atomic mass is 32.2. The van der Waals surface area contributed by atoms with E-state index in [4.69, 9.17) is 9.47 Å². The number of esters is 1. The third kappa shape index (κ3) is 5.77. The SMILES string of the molecule is O=C(OCC(=O)N1CCCCCCC1)c1ccc(S(=O)(=O)N2CCOCC2)cc1. The number of nitrogens with zero attached hydrogens (tertiary/aromatic N) is 2. The summed E-state index contributed by atoms with van der Waals surface area (Å²) in [4.78, 5) is 26.4. The maximum absolute atomic E-state index is 12.6.